The molecule has 1 heterocycles. The third-order valence-electron chi connectivity index (χ3n) is 2.64. The molecule has 0 radical (unpaired) electrons. The molecule has 1 aromatic heterocycles. The van der Waals surface area contributed by atoms with Gasteiger partial charge in [-0.2, -0.15) is 0 Å². The van der Waals surface area contributed by atoms with Crippen LogP contribution in [0.4, 0.5) is 0 Å². The summed E-state index contributed by atoms with van der Waals surface area (Å²) in [5.74, 6) is -1.88. The predicted octanol–water partition coefficient (Wildman–Crippen LogP) is 2.73. The largest absolute Gasteiger partial charge is 0.480 e. The summed E-state index contributed by atoms with van der Waals surface area (Å²) in [6.07, 6.45) is 0. The van der Waals surface area contributed by atoms with Gasteiger partial charge in [0.05, 0.1) is 10.3 Å². The molecule has 2 atom stereocenters. The Hall–Kier alpha value is -1.07. The first kappa shape index (κ1) is 15.0. The average molecular weight is 290 g/mol. The van der Waals surface area contributed by atoms with Crippen LogP contribution in [0, 0.1) is 5.92 Å². The number of carboxylic acid groups (broad SMARTS) is 1. The fourth-order valence-electron chi connectivity index (χ4n) is 1.48. The van der Waals surface area contributed by atoms with Crippen molar-refractivity contribution in [3.63, 3.8) is 0 Å². The van der Waals surface area contributed by atoms with Gasteiger partial charge in [0.2, 0.25) is 5.91 Å². The third-order valence-corrected chi connectivity index (χ3v) is 4.06. The van der Waals surface area contributed by atoms with Crippen molar-refractivity contribution in [2.75, 3.05) is 0 Å². The van der Waals surface area contributed by atoms with E-state index in [1.165, 1.54) is 11.3 Å². The Morgan fingerprint density at radius 1 is 1.33 bits per heavy atom. The minimum absolute atomic E-state index is 0.162. The van der Waals surface area contributed by atoms with E-state index < -0.39 is 17.9 Å². The standard InChI is InChI=1S/C12H16ClNO3S/c1-6(2)10(12(16)17)14-11(15)7(3)8-4-5-9(13)18-8/h4-7,10H,1-3H3,(H,14,15)(H,16,17). The summed E-state index contributed by atoms with van der Waals surface area (Å²) in [6.45, 7) is 5.24. The number of carboxylic acids is 1. The lowest BCUT2D eigenvalue weighted by molar-refractivity contribution is -0.143. The average Bonchev–Trinajstić information content (AvgIpc) is 2.70. The lowest BCUT2D eigenvalue weighted by atomic mass is 10.0. The van der Waals surface area contributed by atoms with Crippen LogP contribution in [0.5, 0.6) is 0 Å². The number of carbonyl (C=O) groups is 2. The Kier molecular flexibility index (Phi) is 5.16. The van der Waals surface area contributed by atoms with Gasteiger partial charge in [-0.1, -0.05) is 25.4 Å². The van der Waals surface area contributed by atoms with E-state index in [-0.39, 0.29) is 11.8 Å². The van der Waals surface area contributed by atoms with E-state index in [0.717, 1.165) is 4.88 Å². The van der Waals surface area contributed by atoms with Crippen molar-refractivity contribution in [3.05, 3.63) is 21.3 Å². The molecule has 2 unspecified atom stereocenters. The summed E-state index contributed by atoms with van der Waals surface area (Å²) in [7, 11) is 0. The van der Waals surface area contributed by atoms with E-state index >= 15 is 0 Å². The van der Waals surface area contributed by atoms with Crippen molar-refractivity contribution < 1.29 is 14.7 Å². The van der Waals surface area contributed by atoms with Crippen LogP contribution in [-0.4, -0.2) is 23.0 Å². The molecule has 0 saturated carbocycles. The van der Waals surface area contributed by atoms with Gasteiger partial charge in [0.15, 0.2) is 0 Å². The maximum Gasteiger partial charge on any atom is 0.326 e. The molecule has 0 saturated heterocycles. The molecule has 0 aliphatic rings. The number of amides is 1. The summed E-state index contributed by atoms with van der Waals surface area (Å²) in [5, 5.41) is 11.6. The van der Waals surface area contributed by atoms with E-state index in [2.05, 4.69) is 5.32 Å². The van der Waals surface area contributed by atoms with Gasteiger partial charge in [-0.05, 0) is 25.0 Å². The molecule has 0 aliphatic carbocycles. The summed E-state index contributed by atoms with van der Waals surface area (Å²) >= 11 is 7.13. The van der Waals surface area contributed by atoms with E-state index in [9.17, 15) is 9.59 Å². The Balaban J connectivity index is 2.73. The maximum atomic E-state index is 12.0. The Labute approximate surface area is 115 Å². The molecule has 0 bridgehead atoms. The topological polar surface area (TPSA) is 66.4 Å². The highest BCUT2D eigenvalue weighted by Gasteiger charge is 2.26. The molecule has 18 heavy (non-hydrogen) atoms. The number of hydrogen-bond acceptors (Lipinski definition) is 3. The molecule has 0 aliphatic heterocycles. The van der Waals surface area contributed by atoms with Gasteiger partial charge in [-0.3, -0.25) is 4.79 Å². The number of hydrogen-bond donors (Lipinski definition) is 2. The Bertz CT molecular complexity index is 444. The van der Waals surface area contributed by atoms with Crippen LogP contribution in [-0.2, 0) is 9.59 Å². The zero-order chi connectivity index (χ0) is 13.9. The van der Waals surface area contributed by atoms with E-state index in [4.69, 9.17) is 16.7 Å². The maximum absolute atomic E-state index is 12.0. The van der Waals surface area contributed by atoms with Gasteiger partial charge < -0.3 is 10.4 Å². The molecule has 100 valence electrons. The van der Waals surface area contributed by atoms with Gasteiger partial charge in [-0.25, -0.2) is 4.79 Å². The second kappa shape index (κ2) is 6.20. The predicted molar refractivity (Wildman–Crippen MR) is 72.1 cm³/mol. The van der Waals surface area contributed by atoms with Gasteiger partial charge >= 0.3 is 5.97 Å². The van der Waals surface area contributed by atoms with E-state index in [1.54, 1.807) is 32.9 Å². The first-order valence-corrected chi connectivity index (χ1v) is 6.80. The van der Waals surface area contributed by atoms with Crippen molar-refractivity contribution in [2.24, 2.45) is 5.92 Å². The molecular weight excluding hydrogens is 274 g/mol. The number of thiophene rings is 1. The van der Waals surface area contributed by atoms with Gasteiger partial charge in [0.1, 0.15) is 6.04 Å². The van der Waals surface area contributed by atoms with Crippen molar-refractivity contribution >= 4 is 34.8 Å². The summed E-state index contributed by atoms with van der Waals surface area (Å²) in [5.41, 5.74) is 0. The van der Waals surface area contributed by atoms with Crippen LogP contribution < -0.4 is 5.32 Å². The molecule has 0 fully saturated rings. The first-order chi connectivity index (χ1) is 8.32. The number of aliphatic carboxylic acids is 1. The van der Waals surface area contributed by atoms with Crippen LogP contribution in [0.15, 0.2) is 12.1 Å². The van der Waals surface area contributed by atoms with E-state index in [0.29, 0.717) is 4.34 Å². The number of halogens is 1. The first-order valence-electron chi connectivity index (χ1n) is 5.61. The van der Waals surface area contributed by atoms with Crippen LogP contribution in [0.3, 0.4) is 0 Å². The lowest BCUT2D eigenvalue weighted by Gasteiger charge is -2.20. The molecule has 4 nitrogen and oxygen atoms in total. The van der Waals surface area contributed by atoms with Crippen molar-refractivity contribution in [2.45, 2.75) is 32.7 Å². The lowest BCUT2D eigenvalue weighted by Crippen LogP contribution is -2.45. The monoisotopic (exact) mass is 289 g/mol. The van der Waals surface area contributed by atoms with Crippen LogP contribution >= 0.6 is 22.9 Å². The Morgan fingerprint density at radius 3 is 2.33 bits per heavy atom. The van der Waals surface area contributed by atoms with Crippen molar-refractivity contribution in [3.8, 4) is 0 Å². The highest BCUT2D eigenvalue weighted by Crippen LogP contribution is 2.28. The molecule has 0 spiro atoms. The number of carbonyl (C=O) groups excluding carboxylic acids is 1. The molecule has 1 amide bonds. The number of nitrogens with one attached hydrogen (secondary N) is 1. The van der Waals surface area contributed by atoms with Gasteiger partial charge in [0, 0.05) is 4.88 Å². The quantitative estimate of drug-likeness (QED) is 0.876. The van der Waals surface area contributed by atoms with Gasteiger partial charge in [-0.15, -0.1) is 11.3 Å². The number of rotatable bonds is 5. The zero-order valence-corrected chi connectivity index (χ0v) is 12.0. The molecule has 0 aromatic carbocycles. The minimum Gasteiger partial charge on any atom is -0.480 e. The molecule has 1 aromatic rings. The smallest absolute Gasteiger partial charge is 0.326 e. The van der Waals surface area contributed by atoms with Gasteiger partial charge in [0.25, 0.3) is 0 Å². The summed E-state index contributed by atoms with van der Waals surface area (Å²) < 4.78 is 0.614. The SMILES string of the molecule is CC(C(=O)NC(C(=O)O)C(C)C)c1ccc(Cl)s1. The second-order valence-electron chi connectivity index (χ2n) is 4.43. The fourth-order valence-corrected chi connectivity index (χ4v) is 2.59. The summed E-state index contributed by atoms with van der Waals surface area (Å²) in [6, 6.07) is 2.64. The second-order valence-corrected chi connectivity index (χ2v) is 6.18. The van der Waals surface area contributed by atoms with Crippen LogP contribution in [0.1, 0.15) is 31.6 Å². The molecule has 6 heteroatoms. The molecule has 2 N–H and O–H groups in total. The fraction of sp³-hybridized carbons (Fsp3) is 0.500. The summed E-state index contributed by atoms with van der Waals surface area (Å²) in [4.78, 5) is 23.8. The molecular formula is C12H16ClNO3S. The van der Waals surface area contributed by atoms with Crippen molar-refractivity contribution in [1.82, 2.24) is 5.32 Å². The van der Waals surface area contributed by atoms with Crippen LogP contribution in [0.2, 0.25) is 4.34 Å². The molecule has 1 rings (SSSR count). The minimum atomic E-state index is -1.02. The zero-order valence-electron chi connectivity index (χ0n) is 10.4. The van der Waals surface area contributed by atoms with E-state index in [1.807, 2.05) is 0 Å². The Morgan fingerprint density at radius 2 is 1.94 bits per heavy atom. The normalized spacial score (nSPS) is 14.3. The third kappa shape index (κ3) is 3.71. The van der Waals surface area contributed by atoms with Crippen LogP contribution in [0.25, 0.3) is 0 Å². The highest BCUT2D eigenvalue weighted by atomic mass is 35.5. The highest BCUT2D eigenvalue weighted by molar-refractivity contribution is 7.16. The van der Waals surface area contributed by atoms with Crippen molar-refractivity contribution in [1.29, 1.82) is 0 Å².